The SMILES string of the molecule is CCOc1ccc(N(C(=O)OC(C)(C)C)c2c(C[C@@H](CO[Si](C)(C)C(C)(C)C)OS(C)(=O)=O)c(NC3CCCN(C(=O)O)C3)nc3ccnn23)cc1. The summed E-state index contributed by atoms with van der Waals surface area (Å²) in [6.07, 6.45) is 0.922. The first-order valence-corrected chi connectivity index (χ1v) is 22.2. The van der Waals surface area contributed by atoms with Gasteiger partial charge in [0.25, 0.3) is 10.1 Å². The maximum Gasteiger partial charge on any atom is 0.420 e. The smallest absolute Gasteiger partial charge is 0.420 e. The summed E-state index contributed by atoms with van der Waals surface area (Å²) in [6, 6.07) is 8.26. The van der Waals surface area contributed by atoms with E-state index in [-0.39, 0.29) is 36.5 Å². The number of benzene rings is 1. The van der Waals surface area contributed by atoms with Crippen LogP contribution >= 0.6 is 0 Å². The summed E-state index contributed by atoms with van der Waals surface area (Å²) in [5.74, 6) is 1.15. The zero-order chi connectivity index (χ0) is 38.6. The number of likely N-dealkylation sites (tertiary alicyclic amines) is 1. The molecule has 4 rings (SSSR count). The van der Waals surface area contributed by atoms with Crippen LogP contribution in [0.5, 0.6) is 5.75 Å². The molecule has 52 heavy (non-hydrogen) atoms. The fourth-order valence-electron chi connectivity index (χ4n) is 5.55. The van der Waals surface area contributed by atoms with Crippen molar-refractivity contribution in [3.05, 3.63) is 42.1 Å². The first kappa shape index (κ1) is 40.8. The first-order valence-electron chi connectivity index (χ1n) is 17.5. The van der Waals surface area contributed by atoms with Crippen LogP contribution in [0.15, 0.2) is 36.5 Å². The highest BCUT2D eigenvalue weighted by molar-refractivity contribution is 7.86. The van der Waals surface area contributed by atoms with E-state index in [1.807, 2.05) is 6.92 Å². The second kappa shape index (κ2) is 16.0. The summed E-state index contributed by atoms with van der Waals surface area (Å²) in [4.78, 5) is 33.9. The van der Waals surface area contributed by atoms with Crippen LogP contribution in [0.3, 0.4) is 0 Å². The van der Waals surface area contributed by atoms with E-state index in [1.165, 1.54) is 14.3 Å². The van der Waals surface area contributed by atoms with Gasteiger partial charge in [0.05, 0.1) is 31.4 Å². The lowest BCUT2D eigenvalue weighted by Crippen LogP contribution is -2.45. The van der Waals surface area contributed by atoms with Gasteiger partial charge in [0.1, 0.15) is 23.3 Å². The minimum atomic E-state index is -3.99. The number of amides is 2. The van der Waals surface area contributed by atoms with E-state index < -0.39 is 42.3 Å². The van der Waals surface area contributed by atoms with Crippen LogP contribution < -0.4 is 15.0 Å². The van der Waals surface area contributed by atoms with Crippen molar-refractivity contribution in [2.75, 3.05) is 42.8 Å². The Kier molecular flexibility index (Phi) is 12.5. The Morgan fingerprint density at radius 1 is 1.12 bits per heavy atom. The molecule has 2 amide bonds. The van der Waals surface area contributed by atoms with Crippen LogP contribution in [-0.2, 0) is 29.9 Å². The normalized spacial score (nSPS) is 16.4. The van der Waals surface area contributed by atoms with Crippen molar-refractivity contribution in [2.24, 2.45) is 0 Å². The quantitative estimate of drug-likeness (QED) is 0.140. The highest BCUT2D eigenvalue weighted by Crippen LogP contribution is 2.39. The van der Waals surface area contributed by atoms with Crippen molar-refractivity contribution < 1.29 is 41.2 Å². The number of carboxylic acid groups (broad SMARTS) is 1. The van der Waals surface area contributed by atoms with E-state index in [0.29, 0.717) is 54.5 Å². The van der Waals surface area contributed by atoms with E-state index in [9.17, 15) is 23.1 Å². The van der Waals surface area contributed by atoms with Crippen LogP contribution in [0.2, 0.25) is 18.1 Å². The average Bonchev–Trinajstić information content (AvgIpc) is 3.48. The van der Waals surface area contributed by atoms with Gasteiger partial charge in [0.15, 0.2) is 19.8 Å². The van der Waals surface area contributed by atoms with E-state index in [1.54, 1.807) is 57.3 Å². The highest BCUT2D eigenvalue weighted by atomic mass is 32.2. The van der Waals surface area contributed by atoms with E-state index in [2.05, 4.69) is 44.3 Å². The molecule has 2 aromatic heterocycles. The summed E-state index contributed by atoms with van der Waals surface area (Å²) < 4.78 is 50.8. The number of piperidine rings is 1. The maximum atomic E-state index is 14.4. The number of hydrogen-bond acceptors (Lipinski definition) is 11. The van der Waals surface area contributed by atoms with Crippen LogP contribution in [0.25, 0.3) is 5.65 Å². The van der Waals surface area contributed by atoms with Gasteiger partial charge in [-0.1, -0.05) is 20.8 Å². The predicted molar refractivity (Wildman–Crippen MR) is 202 cm³/mol. The van der Waals surface area contributed by atoms with Gasteiger partial charge in [-0.2, -0.15) is 18.0 Å². The number of ether oxygens (including phenoxy) is 2. The molecule has 15 nitrogen and oxygen atoms in total. The minimum absolute atomic E-state index is 0.0642. The summed E-state index contributed by atoms with van der Waals surface area (Å²) in [5, 5.41) is 17.6. The summed E-state index contributed by atoms with van der Waals surface area (Å²) >= 11 is 0. The zero-order valence-corrected chi connectivity index (χ0v) is 33.7. The Bertz CT molecular complexity index is 1820. The maximum absolute atomic E-state index is 14.4. The van der Waals surface area contributed by atoms with E-state index in [4.69, 9.17) is 23.1 Å². The molecule has 17 heteroatoms. The molecule has 3 aromatic rings. The van der Waals surface area contributed by atoms with Crippen LogP contribution in [-0.4, -0.2) is 104 Å². The van der Waals surface area contributed by atoms with Gasteiger partial charge in [-0.15, -0.1) is 0 Å². The third kappa shape index (κ3) is 10.6. The molecule has 288 valence electrons. The zero-order valence-electron chi connectivity index (χ0n) is 31.9. The lowest BCUT2D eigenvalue weighted by molar-refractivity contribution is 0.0596. The first-order chi connectivity index (χ1) is 24.1. The second-order valence-electron chi connectivity index (χ2n) is 15.5. The van der Waals surface area contributed by atoms with Crippen LogP contribution in [0.4, 0.5) is 26.9 Å². The fourth-order valence-corrected chi connectivity index (χ4v) is 7.21. The number of carbonyl (C=O) groups is 2. The van der Waals surface area contributed by atoms with Crippen molar-refractivity contribution in [3.63, 3.8) is 0 Å². The number of hydrogen-bond donors (Lipinski definition) is 2. The summed E-state index contributed by atoms with van der Waals surface area (Å²) in [5.41, 5.74) is 0.292. The van der Waals surface area contributed by atoms with Gasteiger partial charge in [-0.3, -0.25) is 4.18 Å². The fraction of sp³-hybridized carbons (Fsp3) is 0.600. The van der Waals surface area contributed by atoms with Crippen molar-refractivity contribution in [3.8, 4) is 5.75 Å². The third-order valence-corrected chi connectivity index (χ3v) is 14.1. The summed E-state index contributed by atoms with van der Waals surface area (Å²) in [6.45, 7) is 18.5. The number of rotatable bonds is 13. The third-order valence-electron chi connectivity index (χ3n) is 9.01. The topological polar surface area (TPSA) is 174 Å². The van der Waals surface area contributed by atoms with Crippen molar-refractivity contribution >= 4 is 53.6 Å². The molecular weight excluding hydrogens is 709 g/mol. The molecule has 1 fully saturated rings. The minimum Gasteiger partial charge on any atom is -0.494 e. The van der Waals surface area contributed by atoms with Gasteiger partial charge < -0.3 is 29.2 Å². The molecule has 1 saturated heterocycles. The number of nitrogens with one attached hydrogen (secondary N) is 1. The summed E-state index contributed by atoms with van der Waals surface area (Å²) in [7, 11) is -6.38. The van der Waals surface area contributed by atoms with Gasteiger partial charge in [-0.25, -0.2) is 19.5 Å². The molecule has 2 N–H and O–H groups in total. The molecule has 0 aliphatic carbocycles. The Hall–Kier alpha value is -3.93. The van der Waals surface area contributed by atoms with Gasteiger partial charge >= 0.3 is 12.2 Å². The molecule has 0 saturated carbocycles. The molecule has 1 aliphatic rings. The molecule has 2 atom stereocenters. The Morgan fingerprint density at radius 2 is 1.79 bits per heavy atom. The molecule has 0 bridgehead atoms. The molecule has 1 unspecified atom stereocenters. The van der Waals surface area contributed by atoms with Gasteiger partial charge in [-0.05, 0) is 82.9 Å². The lowest BCUT2D eigenvalue weighted by Gasteiger charge is -2.37. The number of anilines is 3. The standard InChI is InChI=1S/C35H54N6O9SSi/c1-11-47-26-16-14-25(15-17-26)40(33(44)49-34(2,3)4)31-28(21-27(50-51(8,45)46)23-48-52(9,10)35(5,6)7)30(38-29-18-19-36-41(29)31)37-24-13-12-20-39(22-24)32(42)43/h14-19,24,27H,11-13,20-23H2,1-10H3,(H,37,38)(H,42,43)/t24?,27-/m0/s1. The molecule has 1 aromatic carbocycles. The molecule has 1 aliphatic heterocycles. The Morgan fingerprint density at radius 3 is 2.37 bits per heavy atom. The van der Waals surface area contributed by atoms with E-state index >= 15 is 0 Å². The molecule has 3 heterocycles. The number of carbonyl (C=O) groups excluding carboxylic acids is 1. The van der Waals surface area contributed by atoms with Crippen molar-refractivity contribution in [1.29, 1.82) is 0 Å². The number of nitrogens with zero attached hydrogens (tertiary/aromatic N) is 5. The number of aromatic nitrogens is 3. The van der Waals surface area contributed by atoms with E-state index in [0.717, 1.165) is 6.26 Å². The van der Waals surface area contributed by atoms with Gasteiger partial charge in [0.2, 0.25) is 0 Å². The van der Waals surface area contributed by atoms with Gasteiger partial charge in [0, 0.05) is 37.2 Å². The number of fused-ring (bicyclic) bond motifs is 1. The largest absolute Gasteiger partial charge is 0.494 e. The van der Waals surface area contributed by atoms with Crippen molar-refractivity contribution in [1.82, 2.24) is 19.5 Å². The van der Waals surface area contributed by atoms with Crippen molar-refractivity contribution in [2.45, 2.75) is 104 Å². The second-order valence-corrected chi connectivity index (χ2v) is 21.9. The monoisotopic (exact) mass is 762 g/mol. The Balaban J connectivity index is 1.98. The predicted octanol–water partition coefficient (Wildman–Crippen LogP) is 6.66. The van der Waals surface area contributed by atoms with Crippen LogP contribution in [0, 0.1) is 0 Å². The molecule has 0 spiro atoms. The Labute approximate surface area is 307 Å². The molecular formula is C35H54N6O9SSi. The average molecular weight is 763 g/mol. The highest BCUT2D eigenvalue weighted by Gasteiger charge is 2.39. The molecule has 0 radical (unpaired) electrons. The van der Waals surface area contributed by atoms with Crippen LogP contribution in [0.1, 0.15) is 66.9 Å². The lowest BCUT2D eigenvalue weighted by atomic mass is 10.0.